The highest BCUT2D eigenvalue weighted by Crippen LogP contribution is 2.28. The van der Waals surface area contributed by atoms with E-state index in [2.05, 4.69) is 31.2 Å². The van der Waals surface area contributed by atoms with Crippen LogP contribution in [0, 0.1) is 0 Å². The fraction of sp³-hybridized carbons (Fsp3) is 0.500. The van der Waals surface area contributed by atoms with Crippen molar-refractivity contribution in [3.05, 3.63) is 35.4 Å². The molecule has 0 bridgehead atoms. The second-order valence-corrected chi connectivity index (χ2v) is 3.57. The van der Waals surface area contributed by atoms with Gasteiger partial charge in [0.15, 0.2) is 0 Å². The summed E-state index contributed by atoms with van der Waals surface area (Å²) in [5, 5.41) is 0. The molecule has 0 radical (unpaired) electrons. The highest BCUT2D eigenvalue weighted by molar-refractivity contribution is 5.29. The molecule has 1 atom stereocenters. The number of aryl methyl sites for hydroxylation is 1. The molecule has 1 heteroatoms. The molecule has 13 heavy (non-hydrogen) atoms. The van der Waals surface area contributed by atoms with Gasteiger partial charge in [0, 0.05) is 6.61 Å². The summed E-state index contributed by atoms with van der Waals surface area (Å²) in [4.78, 5) is 0. The van der Waals surface area contributed by atoms with E-state index < -0.39 is 0 Å². The Labute approximate surface area is 79.7 Å². The third kappa shape index (κ3) is 1.75. The Bertz CT molecular complexity index is 280. The summed E-state index contributed by atoms with van der Waals surface area (Å²) in [6.45, 7) is 3.10. The molecule has 0 aromatic heterocycles. The predicted molar refractivity (Wildman–Crippen MR) is 53.7 cm³/mol. The van der Waals surface area contributed by atoms with Crippen molar-refractivity contribution in [2.45, 2.75) is 32.3 Å². The van der Waals surface area contributed by atoms with E-state index >= 15 is 0 Å². The summed E-state index contributed by atoms with van der Waals surface area (Å²) >= 11 is 0. The van der Waals surface area contributed by atoms with Crippen molar-refractivity contribution in [2.75, 3.05) is 6.61 Å². The van der Waals surface area contributed by atoms with E-state index in [-0.39, 0.29) is 0 Å². The van der Waals surface area contributed by atoms with E-state index in [4.69, 9.17) is 4.74 Å². The monoisotopic (exact) mass is 176 g/mol. The second kappa shape index (κ2) is 3.93. The molecule has 1 nitrogen and oxygen atoms in total. The number of hydrogen-bond donors (Lipinski definition) is 0. The Balaban J connectivity index is 2.35. The maximum atomic E-state index is 5.78. The zero-order valence-electron chi connectivity index (χ0n) is 8.12. The SMILES string of the molecule is CCC1OCCCc2ccccc21. The second-order valence-electron chi connectivity index (χ2n) is 3.57. The van der Waals surface area contributed by atoms with Crippen molar-refractivity contribution in [1.82, 2.24) is 0 Å². The lowest BCUT2D eigenvalue weighted by Crippen LogP contribution is -2.02. The van der Waals surface area contributed by atoms with Crippen LogP contribution in [0.15, 0.2) is 24.3 Å². The largest absolute Gasteiger partial charge is 0.374 e. The van der Waals surface area contributed by atoms with E-state index in [0.717, 1.165) is 19.4 Å². The van der Waals surface area contributed by atoms with Crippen LogP contribution in [-0.4, -0.2) is 6.61 Å². The van der Waals surface area contributed by atoms with Crippen LogP contribution in [0.2, 0.25) is 0 Å². The Kier molecular flexibility index (Phi) is 2.65. The van der Waals surface area contributed by atoms with Crippen LogP contribution in [0.3, 0.4) is 0 Å². The van der Waals surface area contributed by atoms with Crippen molar-refractivity contribution in [2.24, 2.45) is 0 Å². The highest BCUT2D eigenvalue weighted by Gasteiger charge is 2.16. The topological polar surface area (TPSA) is 9.23 Å². The smallest absolute Gasteiger partial charge is 0.0824 e. The van der Waals surface area contributed by atoms with Crippen LogP contribution in [0.25, 0.3) is 0 Å². The summed E-state index contributed by atoms with van der Waals surface area (Å²) < 4.78 is 5.78. The minimum atomic E-state index is 0.332. The Morgan fingerprint density at radius 2 is 2.23 bits per heavy atom. The van der Waals surface area contributed by atoms with Crippen LogP contribution in [0.5, 0.6) is 0 Å². The number of hydrogen-bond acceptors (Lipinski definition) is 1. The van der Waals surface area contributed by atoms with E-state index in [1.807, 2.05) is 0 Å². The number of ether oxygens (including phenoxy) is 1. The predicted octanol–water partition coefficient (Wildman–Crippen LogP) is 3.10. The normalized spacial score (nSPS) is 22.1. The van der Waals surface area contributed by atoms with E-state index in [1.54, 1.807) is 0 Å². The molecule has 1 aromatic rings. The number of benzene rings is 1. The van der Waals surface area contributed by atoms with Gasteiger partial charge in [-0.3, -0.25) is 0 Å². The Morgan fingerprint density at radius 1 is 1.38 bits per heavy atom. The minimum absolute atomic E-state index is 0.332. The minimum Gasteiger partial charge on any atom is -0.374 e. The lowest BCUT2D eigenvalue weighted by Gasteiger charge is -2.15. The van der Waals surface area contributed by atoms with Gasteiger partial charge in [-0.2, -0.15) is 0 Å². The fourth-order valence-electron chi connectivity index (χ4n) is 1.99. The number of fused-ring (bicyclic) bond motifs is 1. The molecule has 0 fully saturated rings. The molecule has 1 aliphatic rings. The molecule has 0 aliphatic carbocycles. The first kappa shape index (κ1) is 8.76. The summed E-state index contributed by atoms with van der Waals surface area (Å²) in [6, 6.07) is 8.66. The van der Waals surface area contributed by atoms with Crippen LogP contribution in [0.4, 0.5) is 0 Å². The lowest BCUT2D eigenvalue weighted by molar-refractivity contribution is 0.0540. The summed E-state index contributed by atoms with van der Waals surface area (Å²) in [7, 11) is 0. The first-order valence-electron chi connectivity index (χ1n) is 5.11. The van der Waals surface area contributed by atoms with Gasteiger partial charge in [-0.15, -0.1) is 0 Å². The molecule has 2 rings (SSSR count). The molecule has 0 saturated heterocycles. The third-order valence-corrected chi connectivity index (χ3v) is 2.68. The van der Waals surface area contributed by atoms with Gasteiger partial charge in [-0.1, -0.05) is 31.2 Å². The van der Waals surface area contributed by atoms with Gasteiger partial charge in [-0.25, -0.2) is 0 Å². The van der Waals surface area contributed by atoms with Crippen molar-refractivity contribution < 1.29 is 4.74 Å². The van der Waals surface area contributed by atoms with Crippen LogP contribution in [-0.2, 0) is 11.2 Å². The molecule has 1 heterocycles. The zero-order valence-corrected chi connectivity index (χ0v) is 8.12. The molecule has 0 N–H and O–H groups in total. The van der Waals surface area contributed by atoms with Crippen molar-refractivity contribution in [1.29, 1.82) is 0 Å². The third-order valence-electron chi connectivity index (χ3n) is 2.68. The standard InChI is InChI=1S/C12H16O/c1-2-12-11-8-4-3-6-10(11)7-5-9-13-12/h3-4,6,8,12H,2,5,7,9H2,1H3. The Hall–Kier alpha value is -0.820. The first-order chi connectivity index (χ1) is 6.42. The molecule has 1 aliphatic heterocycles. The maximum absolute atomic E-state index is 5.78. The quantitative estimate of drug-likeness (QED) is 0.639. The van der Waals surface area contributed by atoms with E-state index in [1.165, 1.54) is 17.5 Å². The van der Waals surface area contributed by atoms with Crippen molar-refractivity contribution >= 4 is 0 Å². The fourth-order valence-corrected chi connectivity index (χ4v) is 1.99. The van der Waals surface area contributed by atoms with Crippen LogP contribution < -0.4 is 0 Å². The van der Waals surface area contributed by atoms with Crippen molar-refractivity contribution in [3.63, 3.8) is 0 Å². The molecule has 70 valence electrons. The Morgan fingerprint density at radius 3 is 3.08 bits per heavy atom. The summed E-state index contributed by atoms with van der Waals surface area (Å²) in [6.07, 6.45) is 3.75. The van der Waals surface area contributed by atoms with Gasteiger partial charge in [0.1, 0.15) is 0 Å². The summed E-state index contributed by atoms with van der Waals surface area (Å²) in [5.41, 5.74) is 2.88. The maximum Gasteiger partial charge on any atom is 0.0824 e. The lowest BCUT2D eigenvalue weighted by atomic mass is 9.99. The van der Waals surface area contributed by atoms with Gasteiger partial charge >= 0.3 is 0 Å². The first-order valence-corrected chi connectivity index (χ1v) is 5.11. The molecule has 0 spiro atoms. The zero-order chi connectivity index (χ0) is 9.10. The highest BCUT2D eigenvalue weighted by atomic mass is 16.5. The molecular weight excluding hydrogens is 160 g/mol. The molecule has 1 unspecified atom stereocenters. The van der Waals surface area contributed by atoms with Crippen LogP contribution >= 0.6 is 0 Å². The average molecular weight is 176 g/mol. The van der Waals surface area contributed by atoms with Gasteiger partial charge < -0.3 is 4.74 Å². The average Bonchev–Trinajstić information content (AvgIpc) is 2.39. The van der Waals surface area contributed by atoms with Gasteiger partial charge in [0.25, 0.3) is 0 Å². The molecule has 0 amide bonds. The van der Waals surface area contributed by atoms with Crippen LogP contribution in [0.1, 0.15) is 37.0 Å². The van der Waals surface area contributed by atoms with Gasteiger partial charge in [0.2, 0.25) is 0 Å². The molecule has 0 saturated carbocycles. The van der Waals surface area contributed by atoms with Gasteiger partial charge in [-0.05, 0) is 30.4 Å². The van der Waals surface area contributed by atoms with Gasteiger partial charge in [0.05, 0.1) is 6.10 Å². The van der Waals surface area contributed by atoms with Crippen molar-refractivity contribution in [3.8, 4) is 0 Å². The summed E-state index contributed by atoms with van der Waals surface area (Å²) in [5.74, 6) is 0. The van der Waals surface area contributed by atoms with E-state index in [0.29, 0.717) is 6.10 Å². The molecule has 1 aromatic carbocycles. The number of rotatable bonds is 1. The molecular formula is C12H16O. The van der Waals surface area contributed by atoms with E-state index in [9.17, 15) is 0 Å².